The number of halogens is 4. The van der Waals surface area contributed by atoms with Crippen molar-refractivity contribution in [3.63, 3.8) is 0 Å². The van der Waals surface area contributed by atoms with E-state index >= 15 is 0 Å². The highest BCUT2D eigenvalue weighted by Crippen LogP contribution is 2.36. The first kappa shape index (κ1) is 15.7. The zero-order valence-electron chi connectivity index (χ0n) is 11.3. The largest absolute Gasteiger partial charge is 0.468 e. The van der Waals surface area contributed by atoms with Gasteiger partial charge in [0.2, 0.25) is 5.06 Å². The summed E-state index contributed by atoms with van der Waals surface area (Å²) in [6.45, 7) is 1.85. The molecule has 0 aliphatic carbocycles. The van der Waals surface area contributed by atoms with Gasteiger partial charge in [0.05, 0.1) is 5.56 Å². The zero-order valence-corrected chi connectivity index (χ0v) is 12.1. The van der Waals surface area contributed by atoms with E-state index in [4.69, 9.17) is 16.3 Å². The van der Waals surface area contributed by atoms with E-state index in [-0.39, 0.29) is 0 Å². The second-order valence-corrected chi connectivity index (χ2v) is 5.18. The lowest BCUT2D eigenvalue weighted by atomic mass is 10.1. The van der Waals surface area contributed by atoms with Crippen LogP contribution in [0.3, 0.4) is 0 Å². The van der Waals surface area contributed by atoms with Crippen molar-refractivity contribution in [2.24, 2.45) is 0 Å². The van der Waals surface area contributed by atoms with Crippen LogP contribution in [0.2, 0.25) is 0 Å². The number of alkyl halides is 4. The fourth-order valence-electron chi connectivity index (χ4n) is 1.92. The average Bonchev–Trinajstić information content (AvgIpc) is 2.47. The zero-order chi connectivity index (χ0) is 15.5. The van der Waals surface area contributed by atoms with E-state index in [2.05, 4.69) is 0 Å². The molecule has 0 saturated carbocycles. The van der Waals surface area contributed by atoms with Gasteiger partial charge >= 0.3 is 6.18 Å². The number of rotatable bonds is 4. The highest BCUT2D eigenvalue weighted by molar-refractivity contribution is 6.23. The Balaban J connectivity index is 2.23. The molecule has 0 aromatic heterocycles. The Hall–Kier alpha value is -1.68. The monoisotopic (exact) mass is 314 g/mol. The first-order chi connectivity index (χ1) is 9.85. The molecular weight excluding hydrogens is 301 g/mol. The van der Waals surface area contributed by atoms with Crippen LogP contribution < -0.4 is 4.74 Å². The third kappa shape index (κ3) is 3.70. The first-order valence-electron chi connectivity index (χ1n) is 6.46. The first-order valence-corrected chi connectivity index (χ1v) is 6.83. The van der Waals surface area contributed by atoms with Crippen LogP contribution in [0.1, 0.15) is 24.5 Å². The van der Waals surface area contributed by atoms with E-state index in [0.29, 0.717) is 12.2 Å². The number of ether oxygens (including phenoxy) is 1. The Bertz CT molecular complexity index is 581. The maximum absolute atomic E-state index is 12.5. The van der Waals surface area contributed by atoms with Crippen molar-refractivity contribution in [1.29, 1.82) is 0 Å². The molecule has 0 spiro atoms. The minimum atomic E-state index is -4.36. The predicted molar refractivity (Wildman–Crippen MR) is 76.3 cm³/mol. The van der Waals surface area contributed by atoms with Crippen molar-refractivity contribution in [1.82, 2.24) is 0 Å². The van der Waals surface area contributed by atoms with E-state index in [1.807, 2.05) is 37.3 Å². The van der Waals surface area contributed by atoms with E-state index in [9.17, 15) is 13.2 Å². The SMILES string of the molecule is CC[C@@](Cl)(Oc1ccc(C(F)(F)F)cc1)c1ccccc1. The lowest BCUT2D eigenvalue weighted by Crippen LogP contribution is -2.25. The summed E-state index contributed by atoms with van der Waals surface area (Å²) in [5.41, 5.74) is 0.0419. The summed E-state index contributed by atoms with van der Waals surface area (Å²) in [7, 11) is 0. The summed E-state index contributed by atoms with van der Waals surface area (Å²) in [5.74, 6) is 0.295. The van der Waals surface area contributed by atoms with Gasteiger partial charge in [-0.25, -0.2) is 0 Å². The van der Waals surface area contributed by atoms with Crippen molar-refractivity contribution < 1.29 is 17.9 Å². The summed E-state index contributed by atoms with van der Waals surface area (Å²) in [5, 5.41) is -1.10. The van der Waals surface area contributed by atoms with Crippen molar-refractivity contribution in [2.75, 3.05) is 0 Å². The molecule has 1 nitrogen and oxygen atoms in total. The molecule has 2 rings (SSSR count). The molecule has 112 valence electrons. The van der Waals surface area contributed by atoms with Crippen molar-refractivity contribution in [3.05, 3.63) is 65.7 Å². The van der Waals surface area contributed by atoms with E-state index in [1.54, 1.807) is 0 Å². The van der Waals surface area contributed by atoms with Gasteiger partial charge in [-0.05, 0) is 24.3 Å². The molecule has 0 N–H and O–H groups in total. The molecule has 0 unspecified atom stereocenters. The third-order valence-electron chi connectivity index (χ3n) is 3.12. The van der Waals surface area contributed by atoms with Crippen LogP contribution in [-0.4, -0.2) is 0 Å². The Morgan fingerprint density at radius 3 is 1.95 bits per heavy atom. The lowest BCUT2D eigenvalue weighted by Gasteiger charge is -2.27. The minimum absolute atomic E-state index is 0.295. The molecule has 5 heteroatoms. The molecule has 0 radical (unpaired) electrons. The minimum Gasteiger partial charge on any atom is -0.468 e. The molecule has 1 atom stereocenters. The van der Waals surface area contributed by atoms with Crippen LogP contribution >= 0.6 is 11.6 Å². The Labute approximate surface area is 126 Å². The molecule has 2 aromatic carbocycles. The number of benzene rings is 2. The van der Waals surface area contributed by atoms with Crippen LogP contribution in [0.15, 0.2) is 54.6 Å². The molecule has 0 heterocycles. The maximum Gasteiger partial charge on any atom is 0.416 e. The van der Waals surface area contributed by atoms with Gasteiger partial charge in [-0.3, -0.25) is 0 Å². The van der Waals surface area contributed by atoms with Gasteiger partial charge in [0.15, 0.2) is 0 Å². The van der Waals surface area contributed by atoms with E-state index in [1.165, 1.54) is 12.1 Å². The molecule has 2 aromatic rings. The van der Waals surface area contributed by atoms with Gasteiger partial charge in [-0.2, -0.15) is 13.2 Å². The van der Waals surface area contributed by atoms with Crippen LogP contribution in [0.4, 0.5) is 13.2 Å². The smallest absolute Gasteiger partial charge is 0.416 e. The Kier molecular flexibility index (Phi) is 4.47. The average molecular weight is 315 g/mol. The van der Waals surface area contributed by atoms with Crippen molar-refractivity contribution >= 4 is 11.6 Å². The van der Waals surface area contributed by atoms with Crippen LogP contribution in [0.25, 0.3) is 0 Å². The van der Waals surface area contributed by atoms with Crippen molar-refractivity contribution in [2.45, 2.75) is 24.6 Å². The van der Waals surface area contributed by atoms with Crippen LogP contribution in [0, 0.1) is 0 Å². The van der Waals surface area contributed by atoms with Gasteiger partial charge in [0.1, 0.15) is 5.75 Å². The summed E-state index contributed by atoms with van der Waals surface area (Å²) < 4.78 is 43.3. The molecule has 0 aliphatic rings. The van der Waals surface area contributed by atoms with E-state index in [0.717, 1.165) is 17.7 Å². The highest BCUT2D eigenvalue weighted by atomic mass is 35.5. The quantitative estimate of drug-likeness (QED) is 0.669. The molecule has 0 fully saturated rings. The normalized spacial score (nSPS) is 14.5. The Morgan fingerprint density at radius 2 is 1.48 bits per heavy atom. The molecule has 21 heavy (non-hydrogen) atoms. The molecule has 0 saturated heterocycles. The summed E-state index contributed by atoms with van der Waals surface area (Å²) in [6.07, 6.45) is -3.89. The number of hydrogen-bond acceptors (Lipinski definition) is 1. The third-order valence-corrected chi connectivity index (χ3v) is 3.68. The second kappa shape index (κ2) is 5.98. The fourth-order valence-corrected chi connectivity index (χ4v) is 2.14. The molecule has 0 aliphatic heterocycles. The topological polar surface area (TPSA) is 9.23 Å². The summed E-state index contributed by atoms with van der Waals surface area (Å²) in [6, 6.07) is 13.7. The fraction of sp³-hybridized carbons (Fsp3) is 0.250. The van der Waals surface area contributed by atoms with Crippen LogP contribution in [-0.2, 0) is 11.2 Å². The highest BCUT2D eigenvalue weighted by Gasteiger charge is 2.32. The lowest BCUT2D eigenvalue weighted by molar-refractivity contribution is -0.137. The van der Waals surface area contributed by atoms with Gasteiger partial charge in [0, 0.05) is 12.0 Å². The standard InChI is InChI=1S/C16H14ClF3O/c1-2-15(17,12-6-4-3-5-7-12)21-14-10-8-13(9-11-14)16(18,19)20/h3-11H,2H2,1H3/t15-/m1/s1. The van der Waals surface area contributed by atoms with Gasteiger partial charge in [0.25, 0.3) is 0 Å². The van der Waals surface area contributed by atoms with Gasteiger partial charge < -0.3 is 4.74 Å². The summed E-state index contributed by atoms with van der Waals surface area (Å²) >= 11 is 6.47. The van der Waals surface area contributed by atoms with E-state index < -0.39 is 16.8 Å². The molecular formula is C16H14ClF3O. The van der Waals surface area contributed by atoms with Gasteiger partial charge in [-0.1, -0.05) is 48.9 Å². The number of hydrogen-bond donors (Lipinski definition) is 0. The van der Waals surface area contributed by atoms with Crippen molar-refractivity contribution in [3.8, 4) is 5.75 Å². The van der Waals surface area contributed by atoms with Crippen LogP contribution in [0.5, 0.6) is 5.75 Å². The molecule has 0 bridgehead atoms. The summed E-state index contributed by atoms with van der Waals surface area (Å²) in [4.78, 5) is 0. The molecule has 0 amide bonds. The maximum atomic E-state index is 12.5. The van der Waals surface area contributed by atoms with Gasteiger partial charge in [-0.15, -0.1) is 0 Å². The second-order valence-electron chi connectivity index (χ2n) is 4.57. The Morgan fingerprint density at radius 1 is 0.905 bits per heavy atom. The predicted octanol–water partition coefficient (Wildman–Crippen LogP) is 5.59.